The fourth-order valence-corrected chi connectivity index (χ4v) is 3.24. The number of hydrogen-bond acceptors (Lipinski definition) is 6. The molecule has 0 N–H and O–H groups in total. The largest absolute Gasteiger partial charge is 0.431 e. The van der Waals surface area contributed by atoms with Crippen LogP contribution in [-0.2, 0) is 4.79 Å². The first-order valence-electron chi connectivity index (χ1n) is 7.94. The van der Waals surface area contributed by atoms with Crippen LogP contribution in [-0.4, -0.2) is 33.5 Å². The molecule has 3 aromatic rings. The lowest BCUT2D eigenvalue weighted by Crippen LogP contribution is -2.31. The maximum absolute atomic E-state index is 12.5. The predicted octanol–water partition coefficient (Wildman–Crippen LogP) is 4.05. The van der Waals surface area contributed by atoms with Crippen molar-refractivity contribution >= 4 is 34.5 Å². The molecular weight excluding hydrogens is 354 g/mol. The number of thioether (sulfide) groups is 1. The SMILES string of the molecule is C[C@@H](c1cccc([N+](=O)[O-])c1)N(C)C(=O)CSc1nc2ccccc2o1. The van der Waals surface area contributed by atoms with Gasteiger partial charge in [-0.1, -0.05) is 36.0 Å². The number of fused-ring (bicyclic) bond motifs is 1. The second-order valence-corrected chi connectivity index (χ2v) is 6.70. The molecule has 0 aliphatic rings. The molecule has 0 aliphatic carbocycles. The summed E-state index contributed by atoms with van der Waals surface area (Å²) in [4.78, 5) is 28.8. The highest BCUT2D eigenvalue weighted by Crippen LogP contribution is 2.26. The molecule has 2 aromatic carbocycles. The van der Waals surface area contributed by atoms with E-state index in [1.807, 2.05) is 31.2 Å². The van der Waals surface area contributed by atoms with E-state index in [4.69, 9.17) is 4.42 Å². The summed E-state index contributed by atoms with van der Waals surface area (Å²) in [5.41, 5.74) is 2.15. The average molecular weight is 371 g/mol. The maximum atomic E-state index is 12.5. The molecule has 7 nitrogen and oxygen atoms in total. The van der Waals surface area contributed by atoms with Crippen molar-refractivity contribution in [3.63, 3.8) is 0 Å². The number of carbonyl (C=O) groups is 1. The number of oxazole rings is 1. The van der Waals surface area contributed by atoms with Crippen LogP contribution in [0.2, 0.25) is 0 Å². The van der Waals surface area contributed by atoms with Gasteiger partial charge in [0.25, 0.3) is 10.9 Å². The molecule has 0 radical (unpaired) electrons. The van der Waals surface area contributed by atoms with Gasteiger partial charge in [-0.25, -0.2) is 4.98 Å². The number of aromatic nitrogens is 1. The lowest BCUT2D eigenvalue weighted by molar-refractivity contribution is -0.384. The monoisotopic (exact) mass is 371 g/mol. The van der Waals surface area contributed by atoms with E-state index in [2.05, 4.69) is 4.98 Å². The lowest BCUT2D eigenvalue weighted by atomic mass is 10.1. The molecular formula is C18H17N3O4S. The van der Waals surface area contributed by atoms with Crippen molar-refractivity contribution in [1.29, 1.82) is 0 Å². The number of nitrogens with zero attached hydrogens (tertiary/aromatic N) is 3. The standard InChI is InChI=1S/C18H17N3O4S/c1-12(13-6-5-7-14(10-13)21(23)24)20(2)17(22)11-26-18-19-15-8-3-4-9-16(15)25-18/h3-10,12H,11H2,1-2H3/t12-/m0/s1. The lowest BCUT2D eigenvalue weighted by Gasteiger charge is -2.25. The van der Waals surface area contributed by atoms with Gasteiger partial charge in [0.05, 0.1) is 16.7 Å². The van der Waals surface area contributed by atoms with Crippen molar-refractivity contribution in [1.82, 2.24) is 9.88 Å². The Labute approximate surface area is 154 Å². The number of non-ortho nitro benzene ring substituents is 1. The van der Waals surface area contributed by atoms with Gasteiger partial charge in [0.2, 0.25) is 5.91 Å². The van der Waals surface area contributed by atoms with Crippen LogP contribution >= 0.6 is 11.8 Å². The van der Waals surface area contributed by atoms with E-state index in [-0.39, 0.29) is 23.4 Å². The number of benzene rings is 2. The van der Waals surface area contributed by atoms with Crippen LogP contribution in [0, 0.1) is 10.1 Å². The summed E-state index contributed by atoms with van der Waals surface area (Å²) in [5, 5.41) is 11.4. The van der Waals surface area contributed by atoms with Crippen LogP contribution in [0.1, 0.15) is 18.5 Å². The Hall–Kier alpha value is -2.87. The van der Waals surface area contributed by atoms with Crippen LogP contribution < -0.4 is 0 Å². The van der Waals surface area contributed by atoms with Crippen molar-refractivity contribution < 1.29 is 14.1 Å². The third-order valence-electron chi connectivity index (χ3n) is 4.13. The minimum atomic E-state index is -0.443. The first-order valence-corrected chi connectivity index (χ1v) is 8.92. The molecule has 0 aliphatic heterocycles. The molecule has 0 fully saturated rings. The van der Waals surface area contributed by atoms with Gasteiger partial charge in [0, 0.05) is 19.2 Å². The molecule has 0 saturated carbocycles. The maximum Gasteiger partial charge on any atom is 0.269 e. The minimum Gasteiger partial charge on any atom is -0.431 e. The van der Waals surface area contributed by atoms with E-state index >= 15 is 0 Å². The van der Waals surface area contributed by atoms with Crippen molar-refractivity contribution in [2.75, 3.05) is 12.8 Å². The average Bonchev–Trinajstić information content (AvgIpc) is 3.08. The fraction of sp³-hybridized carbons (Fsp3) is 0.222. The quantitative estimate of drug-likeness (QED) is 0.369. The molecule has 8 heteroatoms. The Kier molecular flexibility index (Phi) is 5.22. The zero-order valence-corrected chi connectivity index (χ0v) is 15.1. The van der Waals surface area contributed by atoms with Gasteiger partial charge >= 0.3 is 0 Å². The van der Waals surface area contributed by atoms with Crippen LogP contribution in [0.5, 0.6) is 0 Å². The highest BCUT2D eigenvalue weighted by atomic mass is 32.2. The molecule has 0 saturated heterocycles. The third-order valence-corrected chi connectivity index (χ3v) is 4.94. The molecule has 0 bridgehead atoms. The molecule has 26 heavy (non-hydrogen) atoms. The summed E-state index contributed by atoms with van der Waals surface area (Å²) in [5.74, 6) is 0.0547. The summed E-state index contributed by atoms with van der Waals surface area (Å²) in [6.45, 7) is 1.83. The molecule has 0 unspecified atom stereocenters. The number of para-hydroxylation sites is 2. The smallest absolute Gasteiger partial charge is 0.269 e. The highest BCUT2D eigenvalue weighted by Gasteiger charge is 2.20. The molecule has 1 heterocycles. The fourth-order valence-electron chi connectivity index (χ4n) is 2.48. The van der Waals surface area contributed by atoms with E-state index in [1.54, 1.807) is 24.1 Å². The summed E-state index contributed by atoms with van der Waals surface area (Å²) < 4.78 is 5.59. The van der Waals surface area contributed by atoms with Gasteiger partial charge in [-0.15, -0.1) is 0 Å². The molecule has 1 aromatic heterocycles. The number of hydrogen-bond donors (Lipinski definition) is 0. The van der Waals surface area contributed by atoms with Crippen molar-refractivity contribution in [2.24, 2.45) is 0 Å². The Morgan fingerprint density at radius 2 is 2.08 bits per heavy atom. The van der Waals surface area contributed by atoms with Gasteiger partial charge < -0.3 is 9.32 Å². The van der Waals surface area contributed by atoms with Crippen molar-refractivity contribution in [2.45, 2.75) is 18.2 Å². The van der Waals surface area contributed by atoms with E-state index in [1.165, 1.54) is 23.9 Å². The first-order chi connectivity index (χ1) is 12.5. The molecule has 1 atom stereocenters. The zero-order valence-electron chi connectivity index (χ0n) is 14.3. The summed E-state index contributed by atoms with van der Waals surface area (Å²) in [6, 6.07) is 13.4. The van der Waals surface area contributed by atoms with E-state index < -0.39 is 4.92 Å². The predicted molar refractivity (Wildman–Crippen MR) is 99.0 cm³/mol. The number of nitro groups is 1. The number of rotatable bonds is 6. The minimum absolute atomic E-state index is 0.0102. The number of carbonyl (C=O) groups excluding carboxylic acids is 1. The van der Waals surface area contributed by atoms with E-state index in [0.717, 1.165) is 5.52 Å². The number of nitro benzene ring substituents is 1. The Bertz CT molecular complexity index is 923. The first kappa shape index (κ1) is 17.9. The van der Waals surface area contributed by atoms with E-state index in [0.29, 0.717) is 16.4 Å². The second kappa shape index (κ2) is 7.57. The van der Waals surface area contributed by atoms with Gasteiger partial charge in [-0.3, -0.25) is 14.9 Å². The van der Waals surface area contributed by atoms with Crippen LogP contribution in [0.3, 0.4) is 0 Å². The van der Waals surface area contributed by atoms with Gasteiger partial charge in [-0.2, -0.15) is 0 Å². The van der Waals surface area contributed by atoms with Crippen molar-refractivity contribution in [3.05, 3.63) is 64.2 Å². The molecule has 0 spiro atoms. The third kappa shape index (κ3) is 3.85. The summed E-state index contributed by atoms with van der Waals surface area (Å²) >= 11 is 1.23. The van der Waals surface area contributed by atoms with Crippen LogP contribution in [0.15, 0.2) is 58.2 Å². The molecule has 3 rings (SSSR count). The Balaban J connectivity index is 1.65. The molecule has 134 valence electrons. The van der Waals surface area contributed by atoms with Crippen LogP contribution in [0.25, 0.3) is 11.1 Å². The zero-order chi connectivity index (χ0) is 18.7. The summed E-state index contributed by atoms with van der Waals surface area (Å²) in [7, 11) is 1.68. The Morgan fingerprint density at radius 3 is 2.81 bits per heavy atom. The van der Waals surface area contributed by atoms with Crippen LogP contribution in [0.4, 0.5) is 5.69 Å². The molecule has 1 amide bonds. The number of amides is 1. The van der Waals surface area contributed by atoms with Gasteiger partial charge in [0.15, 0.2) is 5.58 Å². The van der Waals surface area contributed by atoms with Gasteiger partial charge in [-0.05, 0) is 24.6 Å². The van der Waals surface area contributed by atoms with Crippen molar-refractivity contribution in [3.8, 4) is 0 Å². The second-order valence-electron chi connectivity index (χ2n) is 5.77. The van der Waals surface area contributed by atoms with E-state index in [9.17, 15) is 14.9 Å². The van der Waals surface area contributed by atoms with Gasteiger partial charge in [0.1, 0.15) is 5.52 Å². The topological polar surface area (TPSA) is 89.5 Å². The highest BCUT2D eigenvalue weighted by molar-refractivity contribution is 7.99. The summed E-state index contributed by atoms with van der Waals surface area (Å²) in [6.07, 6.45) is 0. The normalized spacial score (nSPS) is 12.1. The Morgan fingerprint density at radius 1 is 1.31 bits per heavy atom.